The molecule has 0 radical (unpaired) electrons. The zero-order valence-corrected chi connectivity index (χ0v) is 16.1. The molecular formula is C19H25N3O6. The van der Waals surface area contributed by atoms with Crippen molar-refractivity contribution in [1.82, 2.24) is 15.5 Å². The highest BCUT2D eigenvalue weighted by molar-refractivity contribution is 6.00. The molecule has 0 unspecified atom stereocenters. The molecule has 0 saturated carbocycles. The van der Waals surface area contributed by atoms with E-state index in [2.05, 4.69) is 10.6 Å². The Bertz CT molecular complexity index is 764. The number of hydrogen-bond donors (Lipinski definition) is 3. The summed E-state index contributed by atoms with van der Waals surface area (Å²) in [5.74, 6) is -2.86. The summed E-state index contributed by atoms with van der Waals surface area (Å²) in [6, 6.07) is 4.14. The number of hydrogen-bond acceptors (Lipinski definition) is 5. The largest absolute Gasteiger partial charge is 0.491 e. The van der Waals surface area contributed by atoms with Gasteiger partial charge < -0.3 is 25.4 Å². The number of nitrogens with zero attached hydrogens (tertiary/aromatic N) is 1. The van der Waals surface area contributed by atoms with E-state index in [4.69, 9.17) is 4.74 Å². The summed E-state index contributed by atoms with van der Waals surface area (Å²) >= 11 is 0. The number of ether oxygens (including phenoxy) is 1. The second-order valence-corrected chi connectivity index (χ2v) is 6.96. The van der Waals surface area contributed by atoms with E-state index in [-0.39, 0.29) is 36.3 Å². The van der Waals surface area contributed by atoms with Crippen LogP contribution >= 0.6 is 0 Å². The van der Waals surface area contributed by atoms with Gasteiger partial charge in [0.05, 0.1) is 18.5 Å². The van der Waals surface area contributed by atoms with Crippen LogP contribution in [0.2, 0.25) is 0 Å². The summed E-state index contributed by atoms with van der Waals surface area (Å²) < 4.78 is 5.64. The van der Waals surface area contributed by atoms with E-state index >= 15 is 0 Å². The van der Waals surface area contributed by atoms with Crippen molar-refractivity contribution in [2.45, 2.75) is 32.4 Å². The van der Waals surface area contributed by atoms with Crippen molar-refractivity contribution in [3.05, 3.63) is 29.8 Å². The Labute approximate surface area is 163 Å². The lowest BCUT2D eigenvalue weighted by Crippen LogP contribution is -2.53. The quantitative estimate of drug-likeness (QED) is 0.664. The third-order valence-electron chi connectivity index (χ3n) is 4.43. The summed E-state index contributed by atoms with van der Waals surface area (Å²) in [4.78, 5) is 50.6. The van der Waals surface area contributed by atoms with Gasteiger partial charge in [0.25, 0.3) is 5.91 Å². The molecule has 0 fully saturated rings. The molecule has 2 rings (SSSR count). The monoisotopic (exact) mass is 391 g/mol. The molecule has 0 aliphatic carbocycles. The van der Waals surface area contributed by atoms with E-state index in [1.54, 1.807) is 39.1 Å². The molecule has 1 aliphatic rings. The molecule has 0 spiro atoms. The topological polar surface area (TPSA) is 125 Å². The highest BCUT2D eigenvalue weighted by atomic mass is 16.5. The standard InChI is InChI=1S/C19H25N3O6/c1-11(2)16-18(25)22(3)8-9-28-14-7-5-4-6-12(14)17(24)20-13(19(26)27)10-15(23)21-16/h4-7,11,13,16H,8-10H2,1-3H3,(H,20,24)(H,21,23)(H,26,27)/t13-,16-/m0/s1. The average Bonchev–Trinajstić information content (AvgIpc) is 2.64. The number of para-hydroxylation sites is 1. The molecule has 28 heavy (non-hydrogen) atoms. The highest BCUT2D eigenvalue weighted by Crippen LogP contribution is 2.18. The fraction of sp³-hybridized carbons (Fsp3) is 0.474. The number of amides is 3. The van der Waals surface area contributed by atoms with E-state index < -0.39 is 36.3 Å². The van der Waals surface area contributed by atoms with Gasteiger partial charge in [-0.1, -0.05) is 26.0 Å². The summed E-state index contributed by atoms with van der Waals surface area (Å²) in [5.41, 5.74) is 0.153. The van der Waals surface area contributed by atoms with Gasteiger partial charge >= 0.3 is 5.97 Å². The molecule has 1 heterocycles. The SMILES string of the molecule is CC(C)[C@@H]1NC(=O)C[C@@H](C(=O)O)NC(=O)c2ccccc2OCCN(C)C1=O. The van der Waals surface area contributed by atoms with Gasteiger partial charge in [-0.15, -0.1) is 0 Å². The first-order chi connectivity index (χ1) is 13.2. The van der Waals surface area contributed by atoms with Crippen LogP contribution < -0.4 is 15.4 Å². The summed E-state index contributed by atoms with van der Waals surface area (Å²) in [5, 5.41) is 14.3. The average molecular weight is 391 g/mol. The third-order valence-corrected chi connectivity index (χ3v) is 4.43. The van der Waals surface area contributed by atoms with Crippen molar-refractivity contribution in [3.63, 3.8) is 0 Å². The summed E-state index contributed by atoms with van der Waals surface area (Å²) in [7, 11) is 1.59. The van der Waals surface area contributed by atoms with Crippen LogP contribution in [-0.2, 0) is 14.4 Å². The number of likely N-dealkylation sites (N-methyl/N-ethyl adjacent to an activating group) is 1. The highest BCUT2D eigenvalue weighted by Gasteiger charge is 2.30. The van der Waals surface area contributed by atoms with E-state index in [9.17, 15) is 24.3 Å². The van der Waals surface area contributed by atoms with Crippen molar-refractivity contribution in [2.24, 2.45) is 5.92 Å². The number of benzene rings is 1. The number of fused-ring (bicyclic) bond motifs is 1. The molecule has 1 aromatic carbocycles. The van der Waals surface area contributed by atoms with Gasteiger partial charge in [-0.05, 0) is 18.1 Å². The minimum atomic E-state index is -1.44. The zero-order valence-electron chi connectivity index (χ0n) is 16.1. The van der Waals surface area contributed by atoms with Gasteiger partial charge in [-0.3, -0.25) is 14.4 Å². The first-order valence-corrected chi connectivity index (χ1v) is 9.00. The molecule has 1 aromatic rings. The molecule has 3 N–H and O–H groups in total. The van der Waals surface area contributed by atoms with Crippen molar-refractivity contribution in [2.75, 3.05) is 20.2 Å². The summed E-state index contributed by atoms with van der Waals surface area (Å²) in [6.45, 7) is 3.95. The Hall–Kier alpha value is -3.10. The van der Waals surface area contributed by atoms with E-state index in [1.165, 1.54) is 11.0 Å². The maximum Gasteiger partial charge on any atom is 0.326 e. The first-order valence-electron chi connectivity index (χ1n) is 9.00. The van der Waals surface area contributed by atoms with Gasteiger partial charge in [0.15, 0.2) is 0 Å². The number of carbonyl (C=O) groups excluding carboxylic acids is 3. The number of aliphatic carboxylic acids is 1. The van der Waals surface area contributed by atoms with Crippen molar-refractivity contribution < 1.29 is 29.0 Å². The predicted octanol–water partition coefficient (Wildman–Crippen LogP) is 0.251. The molecule has 3 amide bonds. The molecule has 152 valence electrons. The Morgan fingerprint density at radius 1 is 1.21 bits per heavy atom. The van der Waals surface area contributed by atoms with Gasteiger partial charge in [-0.25, -0.2) is 4.79 Å². The van der Waals surface area contributed by atoms with Gasteiger partial charge in [0.1, 0.15) is 24.4 Å². The number of carboxylic acid groups (broad SMARTS) is 1. The predicted molar refractivity (Wildman–Crippen MR) is 99.8 cm³/mol. The maximum atomic E-state index is 12.7. The van der Waals surface area contributed by atoms with E-state index in [0.29, 0.717) is 0 Å². The van der Waals surface area contributed by atoms with Gasteiger partial charge in [0.2, 0.25) is 11.8 Å². The van der Waals surface area contributed by atoms with Crippen LogP contribution in [0.15, 0.2) is 24.3 Å². The lowest BCUT2D eigenvalue weighted by molar-refractivity contribution is -0.142. The smallest absolute Gasteiger partial charge is 0.326 e. The van der Waals surface area contributed by atoms with Crippen LogP contribution in [0.25, 0.3) is 0 Å². The van der Waals surface area contributed by atoms with E-state index in [0.717, 1.165) is 0 Å². The third kappa shape index (κ3) is 5.21. The van der Waals surface area contributed by atoms with Crippen LogP contribution in [-0.4, -0.2) is 66.0 Å². The Morgan fingerprint density at radius 3 is 2.54 bits per heavy atom. The number of carbonyl (C=O) groups is 4. The van der Waals surface area contributed by atoms with Crippen LogP contribution in [0.4, 0.5) is 0 Å². The van der Waals surface area contributed by atoms with Crippen molar-refractivity contribution in [1.29, 1.82) is 0 Å². The zero-order chi connectivity index (χ0) is 20.8. The molecular weight excluding hydrogens is 366 g/mol. The van der Waals surface area contributed by atoms with Crippen LogP contribution in [0.3, 0.4) is 0 Å². The van der Waals surface area contributed by atoms with Crippen LogP contribution in [0.1, 0.15) is 30.6 Å². The maximum absolute atomic E-state index is 12.7. The minimum absolute atomic E-state index is 0.133. The Balaban J connectivity index is 2.36. The van der Waals surface area contributed by atoms with Crippen molar-refractivity contribution >= 4 is 23.7 Å². The molecule has 2 atom stereocenters. The fourth-order valence-electron chi connectivity index (χ4n) is 2.79. The van der Waals surface area contributed by atoms with Gasteiger partial charge in [-0.2, -0.15) is 0 Å². The van der Waals surface area contributed by atoms with E-state index in [1.807, 2.05) is 0 Å². The molecule has 0 bridgehead atoms. The van der Waals surface area contributed by atoms with Gasteiger partial charge in [0, 0.05) is 7.05 Å². The number of nitrogens with one attached hydrogen (secondary N) is 2. The first kappa shape index (κ1) is 21.2. The lowest BCUT2D eigenvalue weighted by Gasteiger charge is -2.28. The molecule has 1 aliphatic heterocycles. The van der Waals surface area contributed by atoms with Crippen LogP contribution in [0, 0.1) is 5.92 Å². The summed E-state index contributed by atoms with van der Waals surface area (Å²) in [6.07, 6.45) is -0.496. The normalized spacial score (nSPS) is 21.9. The Kier molecular flexibility index (Phi) is 6.97. The number of rotatable bonds is 2. The minimum Gasteiger partial charge on any atom is -0.491 e. The molecule has 9 nitrogen and oxygen atoms in total. The van der Waals surface area contributed by atoms with Crippen LogP contribution in [0.5, 0.6) is 5.75 Å². The molecule has 9 heteroatoms. The molecule has 0 aromatic heterocycles. The lowest BCUT2D eigenvalue weighted by atomic mass is 10.0. The second-order valence-electron chi connectivity index (χ2n) is 6.96. The van der Waals surface area contributed by atoms with Crippen molar-refractivity contribution in [3.8, 4) is 5.75 Å². The molecule has 0 saturated heterocycles. The Morgan fingerprint density at radius 2 is 1.89 bits per heavy atom. The number of carboxylic acids is 1. The second kappa shape index (κ2) is 9.20. The fourth-order valence-corrected chi connectivity index (χ4v) is 2.79.